The Kier molecular flexibility index (Phi) is 8.99. The van der Waals surface area contributed by atoms with Gasteiger partial charge in [0.25, 0.3) is 0 Å². The number of carbonyl (C=O) groups is 2. The van der Waals surface area contributed by atoms with Crippen LogP contribution in [0, 0.1) is 32.7 Å². The molecule has 41 heavy (non-hydrogen) atoms. The molecule has 5 saturated carbocycles. The first-order valence-corrected chi connectivity index (χ1v) is 16.9. The van der Waals surface area contributed by atoms with Crippen LogP contribution in [0.1, 0.15) is 77.0 Å². The molecule has 0 aromatic heterocycles. The number of para-hydroxylation sites is 1. The van der Waals surface area contributed by atoms with Crippen molar-refractivity contribution in [2.75, 3.05) is 19.7 Å². The zero-order valence-corrected chi connectivity index (χ0v) is 26.1. The van der Waals surface area contributed by atoms with Gasteiger partial charge in [0.1, 0.15) is 18.0 Å². The highest BCUT2D eigenvalue weighted by molar-refractivity contribution is 14.1. The summed E-state index contributed by atoms with van der Waals surface area (Å²) in [5, 5.41) is 24.0. The number of carbonyl (C=O) groups excluding carboxylic acids is 2. The highest BCUT2D eigenvalue weighted by Crippen LogP contribution is 2.60. The van der Waals surface area contributed by atoms with Crippen LogP contribution in [0.2, 0.25) is 0 Å². The summed E-state index contributed by atoms with van der Waals surface area (Å²) in [7, 11) is 0. The number of halogens is 1. The Morgan fingerprint density at radius 1 is 1.05 bits per heavy atom. The van der Waals surface area contributed by atoms with E-state index in [4.69, 9.17) is 4.74 Å². The molecular formula is C33H45IN2O5. The van der Waals surface area contributed by atoms with Crippen LogP contribution in [0.3, 0.4) is 0 Å². The Hall–Kier alpha value is -1.65. The average Bonchev–Trinajstić information content (AvgIpc) is 3.45. The van der Waals surface area contributed by atoms with E-state index in [1.807, 2.05) is 29.2 Å². The lowest BCUT2D eigenvalue weighted by Crippen LogP contribution is -2.59. The zero-order valence-electron chi connectivity index (χ0n) is 24.0. The lowest BCUT2D eigenvalue weighted by Gasteiger charge is -2.58. The van der Waals surface area contributed by atoms with Gasteiger partial charge in [-0.05, 0) is 121 Å². The molecular weight excluding hydrogens is 631 g/mol. The molecule has 0 unspecified atom stereocenters. The molecule has 5 fully saturated rings. The summed E-state index contributed by atoms with van der Waals surface area (Å²) in [6.45, 7) is 0.680. The zero-order chi connectivity index (χ0) is 28.6. The molecule has 1 aromatic carbocycles. The molecule has 224 valence electrons. The first kappa shape index (κ1) is 29.4. The van der Waals surface area contributed by atoms with Crippen LogP contribution >= 0.6 is 22.6 Å². The monoisotopic (exact) mass is 676 g/mol. The second-order valence-electron chi connectivity index (χ2n) is 13.7. The van der Waals surface area contributed by atoms with Crippen LogP contribution in [0.15, 0.2) is 35.9 Å². The molecule has 1 aromatic rings. The van der Waals surface area contributed by atoms with E-state index in [2.05, 4.69) is 27.9 Å². The fraction of sp³-hybridized carbons (Fsp3) is 0.697. The van der Waals surface area contributed by atoms with Crippen molar-refractivity contribution >= 4 is 34.4 Å². The van der Waals surface area contributed by atoms with Gasteiger partial charge in [0.2, 0.25) is 11.8 Å². The number of ether oxygens (including phenoxy) is 1. The Bertz CT molecular complexity index is 1110. The number of benzene rings is 1. The van der Waals surface area contributed by atoms with E-state index in [1.165, 1.54) is 51.4 Å². The van der Waals surface area contributed by atoms with E-state index in [1.54, 1.807) is 6.08 Å². The summed E-state index contributed by atoms with van der Waals surface area (Å²) in [5.74, 6) is 3.20. The largest absolute Gasteiger partial charge is 0.482 e. The van der Waals surface area contributed by atoms with E-state index in [9.17, 15) is 19.8 Å². The quantitative estimate of drug-likeness (QED) is 0.309. The molecule has 0 aliphatic heterocycles. The summed E-state index contributed by atoms with van der Waals surface area (Å²) < 4.78 is 7.29. The molecule has 4 bridgehead atoms. The van der Waals surface area contributed by atoms with Gasteiger partial charge in [-0.1, -0.05) is 25.0 Å². The third kappa shape index (κ3) is 6.49. The maximum absolute atomic E-state index is 14.3. The minimum atomic E-state index is -0.957. The smallest absolute Gasteiger partial charge is 0.247 e. The fourth-order valence-electron chi connectivity index (χ4n) is 9.28. The van der Waals surface area contributed by atoms with Crippen LogP contribution in [0.4, 0.5) is 0 Å². The molecule has 0 saturated heterocycles. The van der Waals surface area contributed by atoms with E-state index < -0.39 is 18.2 Å². The molecule has 2 amide bonds. The number of rotatable bonds is 10. The normalized spacial score (nSPS) is 34.4. The summed E-state index contributed by atoms with van der Waals surface area (Å²) in [4.78, 5) is 29.5. The van der Waals surface area contributed by atoms with Crippen molar-refractivity contribution < 1.29 is 24.5 Å². The summed E-state index contributed by atoms with van der Waals surface area (Å²) in [6.07, 6.45) is 12.9. The minimum absolute atomic E-state index is 0.117. The Balaban J connectivity index is 1.31. The van der Waals surface area contributed by atoms with Crippen LogP contribution < -0.4 is 10.1 Å². The molecule has 0 heterocycles. The highest BCUT2D eigenvalue weighted by Gasteiger charge is 2.53. The number of amides is 2. The van der Waals surface area contributed by atoms with Crippen molar-refractivity contribution in [3.63, 3.8) is 0 Å². The minimum Gasteiger partial charge on any atom is -0.482 e. The maximum Gasteiger partial charge on any atom is 0.247 e. The predicted octanol–water partition coefficient (Wildman–Crippen LogP) is 4.83. The van der Waals surface area contributed by atoms with Gasteiger partial charge in [-0.25, -0.2) is 0 Å². The van der Waals surface area contributed by atoms with Crippen molar-refractivity contribution in [1.82, 2.24) is 10.2 Å². The number of aliphatic hydroxyl groups is 2. The summed E-state index contributed by atoms with van der Waals surface area (Å²) in [5.41, 5.74) is 0.625. The van der Waals surface area contributed by atoms with Gasteiger partial charge in [0.05, 0.1) is 16.2 Å². The van der Waals surface area contributed by atoms with Crippen LogP contribution in [0.5, 0.6) is 5.75 Å². The summed E-state index contributed by atoms with van der Waals surface area (Å²) >= 11 is 2.22. The number of nitrogens with zero attached hydrogens (tertiary/aromatic N) is 1. The number of hydrogen-bond donors (Lipinski definition) is 3. The lowest BCUT2D eigenvalue weighted by atomic mass is 9.49. The number of aliphatic hydroxyl groups excluding tert-OH is 2. The van der Waals surface area contributed by atoms with Crippen LogP contribution in [0.25, 0.3) is 0 Å². The van der Waals surface area contributed by atoms with Crippen molar-refractivity contribution in [2.45, 2.75) is 95.3 Å². The molecule has 7 nitrogen and oxygen atoms in total. The fourth-order valence-corrected chi connectivity index (χ4v) is 9.80. The Labute approximate surface area is 257 Å². The molecule has 6 aliphatic carbocycles. The Morgan fingerprint density at radius 3 is 2.34 bits per heavy atom. The first-order valence-electron chi connectivity index (χ1n) is 15.8. The van der Waals surface area contributed by atoms with E-state index in [0.717, 1.165) is 34.2 Å². The van der Waals surface area contributed by atoms with Gasteiger partial charge < -0.3 is 25.2 Å². The standard InChI is InChI=1S/C33H45IN2O5/c34-26-7-3-4-8-28(26)41-29-16-25(32(40)35-9-10-37)15-27(31(29)39)36(30(38)14-21-5-1-2-6-21)20-33-17-22-11-23(18-33)13-24(12-22)19-33/h3-4,7-8,16,21-24,27,29,31,37,39H,1-2,5-6,9-15,17-20H2,(H,35,40)/t22?,23?,24?,27-,29+,31+,33?/m1/s1. The second-order valence-corrected chi connectivity index (χ2v) is 14.9. The van der Waals surface area contributed by atoms with E-state index in [-0.39, 0.29) is 36.8 Å². The molecule has 0 radical (unpaired) electrons. The molecule has 0 spiro atoms. The van der Waals surface area contributed by atoms with Crippen molar-refractivity contribution in [1.29, 1.82) is 0 Å². The molecule has 8 heteroatoms. The van der Waals surface area contributed by atoms with Gasteiger partial charge >= 0.3 is 0 Å². The maximum atomic E-state index is 14.3. The lowest BCUT2D eigenvalue weighted by molar-refractivity contribution is -0.148. The van der Waals surface area contributed by atoms with Gasteiger partial charge in [0, 0.05) is 31.5 Å². The third-order valence-electron chi connectivity index (χ3n) is 10.6. The SMILES string of the molecule is O=C(NCCO)C1=C[C@H](Oc2ccccc2I)[C@@H](O)[C@H](N(CC23CC4CC(CC(C4)C2)C3)C(=O)CC2CCCC2)C1. The molecule has 7 rings (SSSR count). The molecule has 6 aliphatic rings. The third-order valence-corrected chi connectivity index (χ3v) is 11.5. The summed E-state index contributed by atoms with van der Waals surface area (Å²) in [6, 6.07) is 7.12. The topological polar surface area (TPSA) is 99.1 Å². The van der Waals surface area contributed by atoms with Gasteiger partial charge in [-0.15, -0.1) is 0 Å². The molecule has 3 N–H and O–H groups in total. The van der Waals surface area contributed by atoms with Gasteiger partial charge in [-0.2, -0.15) is 0 Å². The van der Waals surface area contributed by atoms with Gasteiger partial charge in [0.15, 0.2) is 0 Å². The number of nitrogens with one attached hydrogen (secondary N) is 1. The Morgan fingerprint density at radius 2 is 1.71 bits per heavy atom. The van der Waals surface area contributed by atoms with Crippen LogP contribution in [-0.2, 0) is 9.59 Å². The number of hydrogen-bond acceptors (Lipinski definition) is 5. The first-order chi connectivity index (χ1) is 19.8. The second kappa shape index (κ2) is 12.5. The van der Waals surface area contributed by atoms with Gasteiger partial charge in [-0.3, -0.25) is 9.59 Å². The van der Waals surface area contributed by atoms with E-state index >= 15 is 0 Å². The van der Waals surface area contributed by atoms with E-state index in [0.29, 0.717) is 30.2 Å². The van der Waals surface area contributed by atoms with Crippen molar-refractivity contribution in [3.05, 3.63) is 39.5 Å². The highest BCUT2D eigenvalue weighted by atomic mass is 127. The average molecular weight is 677 g/mol. The predicted molar refractivity (Wildman–Crippen MR) is 165 cm³/mol. The van der Waals surface area contributed by atoms with Crippen LogP contribution in [-0.4, -0.2) is 64.9 Å². The van der Waals surface area contributed by atoms with Crippen molar-refractivity contribution in [2.24, 2.45) is 29.1 Å². The van der Waals surface area contributed by atoms with Crippen molar-refractivity contribution in [3.8, 4) is 5.75 Å². The molecule has 3 atom stereocenters.